The number of hydrogen-bond donors (Lipinski definition) is 7. The first-order chi connectivity index (χ1) is 15.8. The summed E-state index contributed by atoms with van der Waals surface area (Å²) in [7, 11) is 0. The molecule has 0 aromatic rings. The molecule has 0 fully saturated rings. The van der Waals surface area contributed by atoms with Crippen molar-refractivity contribution in [1.29, 1.82) is 0 Å². The molecule has 4 amide bonds. The molecule has 0 radical (unpaired) electrons. The molecule has 0 saturated carbocycles. The number of unbranched alkanes of at least 4 members (excludes halogenated alkanes) is 1. The van der Waals surface area contributed by atoms with E-state index in [-0.39, 0.29) is 24.7 Å². The zero-order valence-electron chi connectivity index (χ0n) is 20.6. The highest BCUT2D eigenvalue weighted by atomic mass is 16.4. The van der Waals surface area contributed by atoms with Crippen molar-refractivity contribution in [1.82, 2.24) is 16.0 Å². The molecule has 12 nitrogen and oxygen atoms in total. The van der Waals surface area contributed by atoms with Crippen molar-refractivity contribution in [3.63, 3.8) is 0 Å². The maximum Gasteiger partial charge on any atom is 0.326 e. The fourth-order valence-corrected chi connectivity index (χ4v) is 3.19. The number of carbonyl (C=O) groups is 5. The second-order valence-electron chi connectivity index (χ2n) is 9.02. The van der Waals surface area contributed by atoms with Crippen LogP contribution >= 0.6 is 0 Å². The van der Waals surface area contributed by atoms with Gasteiger partial charge in [-0.1, -0.05) is 34.1 Å². The van der Waals surface area contributed by atoms with Gasteiger partial charge in [0.05, 0.1) is 12.5 Å². The molecule has 34 heavy (non-hydrogen) atoms. The van der Waals surface area contributed by atoms with Gasteiger partial charge in [0.25, 0.3) is 0 Å². The molecule has 0 aromatic carbocycles. The molecule has 0 heterocycles. The van der Waals surface area contributed by atoms with E-state index >= 15 is 0 Å². The molecular weight excluding hydrogens is 444 g/mol. The molecule has 0 bridgehead atoms. The van der Waals surface area contributed by atoms with E-state index < -0.39 is 60.2 Å². The summed E-state index contributed by atoms with van der Waals surface area (Å²) in [6, 6.07) is -4.46. The van der Waals surface area contributed by atoms with Crippen LogP contribution in [0.4, 0.5) is 0 Å². The van der Waals surface area contributed by atoms with Gasteiger partial charge in [0, 0.05) is 0 Å². The van der Waals surface area contributed by atoms with E-state index in [1.165, 1.54) is 0 Å². The number of amides is 4. The SMILES string of the molecule is CCC(C)C(N)C(=O)NC(CC(N)=O)C(=O)NC(CCCCN)C(=O)NC(CC(C)C)C(=O)O. The predicted molar refractivity (Wildman–Crippen MR) is 127 cm³/mol. The number of aliphatic carboxylic acids is 1. The van der Waals surface area contributed by atoms with Crippen molar-refractivity contribution in [2.24, 2.45) is 29.0 Å². The Morgan fingerprint density at radius 3 is 1.85 bits per heavy atom. The lowest BCUT2D eigenvalue weighted by Gasteiger charge is -2.26. The highest BCUT2D eigenvalue weighted by Crippen LogP contribution is 2.09. The van der Waals surface area contributed by atoms with Crippen LogP contribution in [0, 0.1) is 11.8 Å². The van der Waals surface area contributed by atoms with E-state index in [0.717, 1.165) is 0 Å². The van der Waals surface area contributed by atoms with E-state index in [1.54, 1.807) is 6.92 Å². The normalized spacial score (nSPS) is 15.5. The van der Waals surface area contributed by atoms with Crippen LogP contribution in [0.15, 0.2) is 0 Å². The number of hydrogen-bond acceptors (Lipinski definition) is 7. The van der Waals surface area contributed by atoms with Crippen LogP contribution in [0.2, 0.25) is 0 Å². The van der Waals surface area contributed by atoms with Gasteiger partial charge in [-0.05, 0) is 44.1 Å². The van der Waals surface area contributed by atoms with Crippen molar-refractivity contribution in [2.75, 3.05) is 6.54 Å². The van der Waals surface area contributed by atoms with Crippen molar-refractivity contribution < 1.29 is 29.1 Å². The second-order valence-corrected chi connectivity index (χ2v) is 9.02. The number of carboxylic acids is 1. The molecule has 0 rings (SSSR count). The van der Waals surface area contributed by atoms with Gasteiger partial charge in [-0.15, -0.1) is 0 Å². The van der Waals surface area contributed by atoms with Gasteiger partial charge < -0.3 is 38.3 Å². The summed E-state index contributed by atoms with van der Waals surface area (Å²) >= 11 is 0. The van der Waals surface area contributed by atoms with Crippen molar-refractivity contribution in [3.05, 3.63) is 0 Å². The minimum absolute atomic E-state index is 0.0107. The summed E-state index contributed by atoms with van der Waals surface area (Å²) in [5.74, 6) is -4.28. The van der Waals surface area contributed by atoms with Crippen LogP contribution in [0.3, 0.4) is 0 Å². The standard InChI is InChI=1S/C22H42N6O6/c1-5-13(4)18(25)21(32)27-15(11-17(24)29)20(31)26-14(8-6-7-9-23)19(30)28-16(22(33)34)10-12(2)3/h12-16,18H,5-11,23,25H2,1-4H3,(H2,24,29)(H,26,31)(H,27,32)(H,28,30)(H,33,34). The average molecular weight is 487 g/mol. The molecule has 5 unspecified atom stereocenters. The second kappa shape index (κ2) is 16.0. The maximum absolute atomic E-state index is 12.9. The third-order valence-corrected chi connectivity index (χ3v) is 5.50. The van der Waals surface area contributed by atoms with Crippen molar-refractivity contribution in [2.45, 2.75) is 90.4 Å². The summed E-state index contributed by atoms with van der Waals surface area (Å²) in [6.45, 7) is 7.66. The number of rotatable bonds is 17. The lowest BCUT2D eigenvalue weighted by atomic mass is 9.98. The third-order valence-electron chi connectivity index (χ3n) is 5.50. The number of nitrogens with two attached hydrogens (primary N) is 3. The van der Waals surface area contributed by atoms with E-state index in [2.05, 4.69) is 16.0 Å². The summed E-state index contributed by atoms with van der Waals surface area (Å²) in [5.41, 5.74) is 16.7. The molecule has 0 aliphatic heterocycles. The van der Waals surface area contributed by atoms with Gasteiger partial charge in [0.1, 0.15) is 18.1 Å². The Bertz CT molecular complexity index is 701. The third kappa shape index (κ3) is 11.9. The zero-order chi connectivity index (χ0) is 26.4. The molecule has 12 heteroatoms. The van der Waals surface area contributed by atoms with Crippen LogP contribution in [-0.4, -0.2) is 65.4 Å². The number of carbonyl (C=O) groups excluding carboxylic acids is 4. The number of carboxylic acid groups (broad SMARTS) is 1. The van der Waals surface area contributed by atoms with Crippen molar-refractivity contribution in [3.8, 4) is 0 Å². The molecule has 5 atom stereocenters. The quantitative estimate of drug-likeness (QED) is 0.125. The topological polar surface area (TPSA) is 220 Å². The predicted octanol–water partition coefficient (Wildman–Crippen LogP) is -1.05. The smallest absolute Gasteiger partial charge is 0.326 e. The summed E-state index contributed by atoms with van der Waals surface area (Å²) in [6.07, 6.45) is 1.60. The minimum atomic E-state index is -1.34. The van der Waals surface area contributed by atoms with Crippen LogP contribution in [0.5, 0.6) is 0 Å². The first kappa shape index (κ1) is 31.3. The Labute approximate surface area is 201 Å². The van der Waals surface area contributed by atoms with Crippen molar-refractivity contribution >= 4 is 29.6 Å². The largest absolute Gasteiger partial charge is 0.480 e. The highest BCUT2D eigenvalue weighted by Gasteiger charge is 2.31. The van der Waals surface area contributed by atoms with Gasteiger partial charge in [-0.25, -0.2) is 4.79 Å². The van der Waals surface area contributed by atoms with E-state index in [4.69, 9.17) is 17.2 Å². The van der Waals surface area contributed by atoms with E-state index in [1.807, 2.05) is 20.8 Å². The molecule has 0 aromatic heterocycles. The fraction of sp³-hybridized carbons (Fsp3) is 0.773. The minimum Gasteiger partial charge on any atom is -0.480 e. The molecule has 196 valence electrons. The number of primary amides is 1. The zero-order valence-corrected chi connectivity index (χ0v) is 20.6. The highest BCUT2D eigenvalue weighted by molar-refractivity contribution is 5.96. The fourth-order valence-electron chi connectivity index (χ4n) is 3.19. The Morgan fingerprint density at radius 1 is 0.853 bits per heavy atom. The van der Waals surface area contributed by atoms with E-state index in [9.17, 15) is 29.1 Å². The summed E-state index contributed by atoms with van der Waals surface area (Å²) < 4.78 is 0. The molecule has 0 saturated heterocycles. The van der Waals surface area contributed by atoms with Crippen LogP contribution < -0.4 is 33.2 Å². The van der Waals surface area contributed by atoms with E-state index in [0.29, 0.717) is 25.8 Å². The lowest BCUT2D eigenvalue weighted by molar-refractivity contribution is -0.143. The van der Waals surface area contributed by atoms with Gasteiger partial charge in [0.2, 0.25) is 23.6 Å². The average Bonchev–Trinajstić information content (AvgIpc) is 2.75. The first-order valence-corrected chi connectivity index (χ1v) is 11.7. The molecular formula is C22H42N6O6. The van der Waals surface area contributed by atoms with Gasteiger partial charge in [-0.3, -0.25) is 19.2 Å². The lowest BCUT2D eigenvalue weighted by Crippen LogP contribution is -2.58. The van der Waals surface area contributed by atoms with Gasteiger partial charge >= 0.3 is 5.97 Å². The molecule has 0 aliphatic rings. The Kier molecular flexibility index (Phi) is 14.7. The van der Waals surface area contributed by atoms with Gasteiger partial charge in [0.15, 0.2) is 0 Å². The van der Waals surface area contributed by atoms with Crippen LogP contribution in [0.25, 0.3) is 0 Å². The number of nitrogens with one attached hydrogen (secondary N) is 3. The summed E-state index contributed by atoms with van der Waals surface area (Å²) in [4.78, 5) is 61.3. The summed E-state index contributed by atoms with van der Waals surface area (Å²) in [5, 5.41) is 16.8. The Hall–Kier alpha value is -2.73. The molecule has 0 aliphatic carbocycles. The maximum atomic E-state index is 12.9. The Morgan fingerprint density at radius 2 is 1.38 bits per heavy atom. The van der Waals surface area contributed by atoms with Gasteiger partial charge in [-0.2, -0.15) is 0 Å². The molecule has 0 spiro atoms. The van der Waals surface area contributed by atoms with Crippen LogP contribution in [0.1, 0.15) is 66.2 Å². The monoisotopic (exact) mass is 486 g/mol. The Balaban J connectivity index is 5.57. The first-order valence-electron chi connectivity index (χ1n) is 11.7. The molecule has 10 N–H and O–H groups in total. The van der Waals surface area contributed by atoms with Crippen LogP contribution in [-0.2, 0) is 24.0 Å².